The highest BCUT2D eigenvalue weighted by molar-refractivity contribution is 5.85. The SMILES string of the molecule is Cl.NC1CCCC(C(=O)NCc2ccc(F)c(F)c2)C1. The van der Waals surface area contributed by atoms with Crippen LogP contribution in [-0.4, -0.2) is 11.9 Å². The van der Waals surface area contributed by atoms with Crippen LogP contribution in [-0.2, 0) is 11.3 Å². The maximum absolute atomic E-state index is 13.0. The lowest BCUT2D eigenvalue weighted by Crippen LogP contribution is -2.37. The molecule has 1 amide bonds. The highest BCUT2D eigenvalue weighted by Crippen LogP contribution is 2.23. The number of halogens is 3. The van der Waals surface area contributed by atoms with E-state index >= 15 is 0 Å². The summed E-state index contributed by atoms with van der Waals surface area (Å²) in [6.45, 7) is 0.210. The molecule has 2 unspecified atom stereocenters. The summed E-state index contributed by atoms with van der Waals surface area (Å²) in [6, 6.07) is 3.72. The average molecular weight is 305 g/mol. The fourth-order valence-corrected chi connectivity index (χ4v) is 2.45. The Morgan fingerprint density at radius 3 is 2.70 bits per heavy atom. The summed E-state index contributed by atoms with van der Waals surface area (Å²) in [7, 11) is 0. The van der Waals surface area contributed by atoms with Gasteiger partial charge in [0.05, 0.1) is 0 Å². The number of carbonyl (C=O) groups is 1. The van der Waals surface area contributed by atoms with Gasteiger partial charge in [0.15, 0.2) is 11.6 Å². The molecule has 6 heteroatoms. The fraction of sp³-hybridized carbons (Fsp3) is 0.500. The van der Waals surface area contributed by atoms with Crippen LogP contribution in [0.5, 0.6) is 0 Å². The van der Waals surface area contributed by atoms with Crippen molar-refractivity contribution in [3.05, 3.63) is 35.4 Å². The van der Waals surface area contributed by atoms with Gasteiger partial charge in [-0.3, -0.25) is 4.79 Å². The van der Waals surface area contributed by atoms with Gasteiger partial charge in [-0.2, -0.15) is 0 Å². The van der Waals surface area contributed by atoms with Crippen LogP contribution < -0.4 is 11.1 Å². The Balaban J connectivity index is 0.00000200. The normalized spacial score (nSPS) is 21.9. The Kier molecular flexibility index (Phi) is 6.36. The Morgan fingerprint density at radius 1 is 1.30 bits per heavy atom. The second kappa shape index (κ2) is 7.55. The predicted octanol–water partition coefficient (Wildman–Crippen LogP) is 2.52. The van der Waals surface area contributed by atoms with Crippen LogP contribution in [0.3, 0.4) is 0 Å². The van der Waals surface area contributed by atoms with E-state index in [1.165, 1.54) is 6.07 Å². The van der Waals surface area contributed by atoms with Gasteiger partial charge in [0.25, 0.3) is 0 Å². The van der Waals surface area contributed by atoms with Gasteiger partial charge in [-0.25, -0.2) is 8.78 Å². The number of rotatable bonds is 3. The zero-order chi connectivity index (χ0) is 13.8. The molecule has 1 aliphatic rings. The van der Waals surface area contributed by atoms with Gasteiger partial charge in [0.2, 0.25) is 5.91 Å². The maximum atomic E-state index is 13.0. The molecule has 0 saturated heterocycles. The highest BCUT2D eigenvalue weighted by atomic mass is 35.5. The van der Waals surface area contributed by atoms with Crippen molar-refractivity contribution in [1.29, 1.82) is 0 Å². The van der Waals surface area contributed by atoms with E-state index in [2.05, 4.69) is 5.32 Å². The summed E-state index contributed by atoms with van der Waals surface area (Å²) in [5.74, 6) is -1.89. The van der Waals surface area contributed by atoms with Crippen LogP contribution in [0.2, 0.25) is 0 Å². The van der Waals surface area contributed by atoms with Crippen molar-refractivity contribution in [2.75, 3.05) is 0 Å². The smallest absolute Gasteiger partial charge is 0.223 e. The van der Waals surface area contributed by atoms with E-state index in [0.29, 0.717) is 12.0 Å². The maximum Gasteiger partial charge on any atom is 0.223 e. The Hall–Kier alpha value is -1.20. The molecule has 0 heterocycles. The molecule has 2 atom stereocenters. The molecule has 0 spiro atoms. The molecular weight excluding hydrogens is 286 g/mol. The molecule has 0 bridgehead atoms. The number of amides is 1. The lowest BCUT2D eigenvalue weighted by atomic mass is 9.85. The fourth-order valence-electron chi connectivity index (χ4n) is 2.45. The number of hydrogen-bond donors (Lipinski definition) is 2. The van der Waals surface area contributed by atoms with Gasteiger partial charge in [-0.15, -0.1) is 12.4 Å². The molecular formula is C14H19ClF2N2O. The second-order valence-electron chi connectivity index (χ2n) is 5.09. The largest absolute Gasteiger partial charge is 0.352 e. The van der Waals surface area contributed by atoms with Gasteiger partial charge in [0.1, 0.15) is 0 Å². The molecule has 112 valence electrons. The van der Waals surface area contributed by atoms with E-state index in [4.69, 9.17) is 5.73 Å². The highest BCUT2D eigenvalue weighted by Gasteiger charge is 2.24. The van der Waals surface area contributed by atoms with E-state index in [1.807, 2.05) is 0 Å². The van der Waals surface area contributed by atoms with E-state index in [0.717, 1.165) is 31.4 Å². The van der Waals surface area contributed by atoms with Crippen LogP contribution in [0.4, 0.5) is 8.78 Å². The predicted molar refractivity (Wildman–Crippen MR) is 75.4 cm³/mol. The topological polar surface area (TPSA) is 55.1 Å². The molecule has 0 aliphatic heterocycles. The first-order valence-electron chi connectivity index (χ1n) is 6.53. The molecule has 0 aromatic heterocycles. The van der Waals surface area contributed by atoms with Crippen molar-refractivity contribution in [2.24, 2.45) is 11.7 Å². The molecule has 1 aromatic carbocycles. The summed E-state index contributed by atoms with van der Waals surface area (Å²) in [4.78, 5) is 11.9. The van der Waals surface area contributed by atoms with Crippen molar-refractivity contribution in [1.82, 2.24) is 5.32 Å². The molecule has 20 heavy (non-hydrogen) atoms. The van der Waals surface area contributed by atoms with Crippen LogP contribution in [0.15, 0.2) is 18.2 Å². The van der Waals surface area contributed by atoms with E-state index in [-0.39, 0.29) is 36.8 Å². The molecule has 3 nitrogen and oxygen atoms in total. The first kappa shape index (κ1) is 16.9. The van der Waals surface area contributed by atoms with Gasteiger partial charge in [-0.05, 0) is 37.0 Å². The lowest BCUT2D eigenvalue weighted by molar-refractivity contribution is -0.126. The third-order valence-electron chi connectivity index (χ3n) is 3.54. The van der Waals surface area contributed by atoms with Gasteiger partial charge >= 0.3 is 0 Å². The third-order valence-corrected chi connectivity index (χ3v) is 3.54. The molecule has 1 aliphatic carbocycles. The van der Waals surface area contributed by atoms with Crippen molar-refractivity contribution < 1.29 is 13.6 Å². The second-order valence-corrected chi connectivity index (χ2v) is 5.09. The van der Waals surface area contributed by atoms with Crippen LogP contribution in [0, 0.1) is 17.6 Å². The number of nitrogens with two attached hydrogens (primary N) is 1. The molecule has 1 saturated carbocycles. The summed E-state index contributed by atoms with van der Waals surface area (Å²) in [5.41, 5.74) is 6.38. The van der Waals surface area contributed by atoms with Gasteiger partial charge < -0.3 is 11.1 Å². The van der Waals surface area contributed by atoms with Crippen molar-refractivity contribution in [3.8, 4) is 0 Å². The van der Waals surface area contributed by atoms with Gasteiger partial charge in [-0.1, -0.05) is 12.5 Å². The van der Waals surface area contributed by atoms with E-state index in [1.54, 1.807) is 0 Å². The Labute approximate surface area is 123 Å². The lowest BCUT2D eigenvalue weighted by Gasteiger charge is -2.25. The standard InChI is InChI=1S/C14H18F2N2O.ClH/c15-12-5-4-9(6-13(12)16)8-18-14(19)10-2-1-3-11(17)7-10;/h4-6,10-11H,1-3,7-8,17H2,(H,18,19);1H. The molecule has 1 aromatic rings. The first-order chi connectivity index (χ1) is 9.06. The zero-order valence-corrected chi connectivity index (χ0v) is 11.9. The van der Waals surface area contributed by atoms with E-state index in [9.17, 15) is 13.6 Å². The Bertz CT molecular complexity index is 470. The Morgan fingerprint density at radius 2 is 2.05 bits per heavy atom. The summed E-state index contributed by atoms with van der Waals surface area (Å²) >= 11 is 0. The third kappa shape index (κ3) is 4.42. The average Bonchev–Trinajstić information content (AvgIpc) is 2.40. The number of benzene rings is 1. The minimum absolute atomic E-state index is 0. The van der Waals surface area contributed by atoms with Crippen molar-refractivity contribution in [3.63, 3.8) is 0 Å². The molecule has 3 N–H and O–H groups in total. The van der Waals surface area contributed by atoms with Crippen LogP contribution in [0.25, 0.3) is 0 Å². The molecule has 0 radical (unpaired) electrons. The zero-order valence-electron chi connectivity index (χ0n) is 11.1. The summed E-state index contributed by atoms with van der Waals surface area (Å²) < 4.78 is 25.8. The molecule has 1 fully saturated rings. The summed E-state index contributed by atoms with van der Waals surface area (Å²) in [6.07, 6.45) is 3.47. The number of carbonyl (C=O) groups excluding carboxylic acids is 1. The number of nitrogens with one attached hydrogen (secondary N) is 1. The monoisotopic (exact) mass is 304 g/mol. The van der Waals surface area contributed by atoms with Crippen molar-refractivity contribution in [2.45, 2.75) is 38.3 Å². The van der Waals surface area contributed by atoms with Crippen molar-refractivity contribution >= 4 is 18.3 Å². The first-order valence-corrected chi connectivity index (χ1v) is 6.53. The number of hydrogen-bond acceptors (Lipinski definition) is 2. The molecule has 2 rings (SSSR count). The quantitative estimate of drug-likeness (QED) is 0.901. The van der Waals surface area contributed by atoms with E-state index < -0.39 is 11.6 Å². The summed E-state index contributed by atoms with van der Waals surface area (Å²) in [5, 5.41) is 2.75. The van der Waals surface area contributed by atoms with Crippen LogP contribution >= 0.6 is 12.4 Å². The van der Waals surface area contributed by atoms with Gasteiger partial charge in [0, 0.05) is 18.5 Å². The van der Waals surface area contributed by atoms with Crippen LogP contribution in [0.1, 0.15) is 31.2 Å². The minimum Gasteiger partial charge on any atom is -0.352 e. The minimum atomic E-state index is -0.897.